The summed E-state index contributed by atoms with van der Waals surface area (Å²) in [6.45, 7) is 3.98. The Morgan fingerprint density at radius 2 is 2.25 bits per heavy atom. The van der Waals surface area contributed by atoms with Crippen LogP contribution in [0.2, 0.25) is 0 Å². The van der Waals surface area contributed by atoms with Crippen molar-refractivity contribution >= 4 is 5.84 Å². The van der Waals surface area contributed by atoms with E-state index in [0.717, 1.165) is 25.2 Å². The molecule has 1 aromatic rings. The smallest absolute Gasteiger partial charge is 0.124 e. The van der Waals surface area contributed by atoms with Crippen molar-refractivity contribution in [1.82, 2.24) is 9.80 Å². The third kappa shape index (κ3) is 4.02. The van der Waals surface area contributed by atoms with Crippen LogP contribution in [0.5, 0.6) is 0 Å². The Labute approximate surface area is 119 Å². The normalized spacial score (nSPS) is 19.7. The zero-order valence-corrected chi connectivity index (χ0v) is 12.2. The number of amidine groups is 1. The fourth-order valence-electron chi connectivity index (χ4n) is 2.89. The van der Waals surface area contributed by atoms with Gasteiger partial charge in [-0.1, -0.05) is 0 Å². The summed E-state index contributed by atoms with van der Waals surface area (Å²) in [7, 11) is 4.20. The quantitative estimate of drug-likeness (QED) is 0.634. The van der Waals surface area contributed by atoms with Gasteiger partial charge in [0.2, 0.25) is 0 Å². The number of rotatable bonds is 5. The van der Waals surface area contributed by atoms with E-state index < -0.39 is 0 Å². The van der Waals surface area contributed by atoms with Crippen LogP contribution in [0.25, 0.3) is 0 Å². The van der Waals surface area contributed by atoms with E-state index in [1.54, 1.807) is 6.07 Å². The van der Waals surface area contributed by atoms with Gasteiger partial charge in [0.25, 0.3) is 0 Å². The molecule has 0 aliphatic carbocycles. The summed E-state index contributed by atoms with van der Waals surface area (Å²) in [6.07, 6.45) is 1.22. The van der Waals surface area contributed by atoms with Gasteiger partial charge in [0, 0.05) is 25.2 Å². The first-order chi connectivity index (χ1) is 9.44. The van der Waals surface area contributed by atoms with Crippen LogP contribution in [0.4, 0.5) is 4.39 Å². The summed E-state index contributed by atoms with van der Waals surface area (Å²) < 4.78 is 13.5. The topological polar surface area (TPSA) is 56.4 Å². The second-order valence-corrected chi connectivity index (χ2v) is 5.88. The van der Waals surface area contributed by atoms with Gasteiger partial charge in [-0.15, -0.1) is 0 Å². The molecule has 1 saturated heterocycles. The van der Waals surface area contributed by atoms with Crippen molar-refractivity contribution in [2.45, 2.75) is 13.0 Å². The van der Waals surface area contributed by atoms with E-state index in [1.807, 2.05) is 0 Å². The third-order valence-electron chi connectivity index (χ3n) is 3.78. The Morgan fingerprint density at radius 3 is 2.85 bits per heavy atom. The number of hydrogen-bond acceptors (Lipinski definition) is 3. The zero-order valence-electron chi connectivity index (χ0n) is 12.2. The summed E-state index contributed by atoms with van der Waals surface area (Å²) in [4.78, 5) is 4.55. The maximum Gasteiger partial charge on any atom is 0.124 e. The highest BCUT2D eigenvalue weighted by atomic mass is 19.1. The molecular weight excluding hydrogens is 255 g/mol. The van der Waals surface area contributed by atoms with Crippen molar-refractivity contribution in [3.8, 4) is 0 Å². The highest BCUT2D eigenvalue weighted by Crippen LogP contribution is 2.17. The van der Waals surface area contributed by atoms with Gasteiger partial charge in [-0.2, -0.15) is 0 Å². The number of hydrogen-bond donors (Lipinski definition) is 2. The summed E-state index contributed by atoms with van der Waals surface area (Å²) in [5.74, 6) is 0.262. The Bertz CT molecular complexity index is 489. The number of nitrogens with two attached hydrogens (primary N) is 1. The molecule has 1 aliphatic rings. The lowest BCUT2D eigenvalue weighted by molar-refractivity contribution is 0.267. The number of likely N-dealkylation sites (tertiary alicyclic amines) is 1. The third-order valence-corrected chi connectivity index (χ3v) is 3.78. The molecule has 5 heteroatoms. The second-order valence-electron chi connectivity index (χ2n) is 5.88. The van der Waals surface area contributed by atoms with E-state index in [2.05, 4.69) is 23.9 Å². The molecule has 1 fully saturated rings. The second kappa shape index (κ2) is 6.33. The summed E-state index contributed by atoms with van der Waals surface area (Å²) in [5, 5.41) is 7.41. The largest absolute Gasteiger partial charge is 0.384 e. The molecule has 1 aliphatic heterocycles. The van der Waals surface area contributed by atoms with E-state index in [1.165, 1.54) is 18.6 Å². The van der Waals surface area contributed by atoms with Gasteiger partial charge in [-0.05, 0) is 56.7 Å². The van der Waals surface area contributed by atoms with Gasteiger partial charge in [0.05, 0.1) is 0 Å². The van der Waals surface area contributed by atoms with Crippen LogP contribution in [-0.2, 0) is 6.54 Å². The highest BCUT2D eigenvalue weighted by molar-refractivity contribution is 5.95. The van der Waals surface area contributed by atoms with Crippen molar-refractivity contribution in [3.05, 3.63) is 35.1 Å². The van der Waals surface area contributed by atoms with E-state index >= 15 is 0 Å². The Kier molecular flexibility index (Phi) is 4.73. The molecule has 0 radical (unpaired) electrons. The van der Waals surface area contributed by atoms with Crippen molar-refractivity contribution in [3.63, 3.8) is 0 Å². The number of halogens is 1. The van der Waals surface area contributed by atoms with Crippen LogP contribution < -0.4 is 5.73 Å². The van der Waals surface area contributed by atoms with E-state index in [9.17, 15) is 4.39 Å². The Balaban J connectivity index is 1.96. The first-order valence-electron chi connectivity index (χ1n) is 6.95. The molecule has 0 spiro atoms. The van der Waals surface area contributed by atoms with E-state index in [-0.39, 0.29) is 11.7 Å². The van der Waals surface area contributed by atoms with Crippen LogP contribution in [0.15, 0.2) is 18.2 Å². The molecule has 0 aromatic heterocycles. The zero-order chi connectivity index (χ0) is 14.7. The molecule has 4 nitrogen and oxygen atoms in total. The van der Waals surface area contributed by atoms with E-state index in [4.69, 9.17) is 11.1 Å². The highest BCUT2D eigenvalue weighted by Gasteiger charge is 2.20. The Hall–Kier alpha value is -1.46. The van der Waals surface area contributed by atoms with Crippen LogP contribution in [-0.4, -0.2) is 49.4 Å². The van der Waals surface area contributed by atoms with Crippen LogP contribution in [0.3, 0.4) is 0 Å². The van der Waals surface area contributed by atoms with Crippen LogP contribution in [0, 0.1) is 17.1 Å². The monoisotopic (exact) mass is 278 g/mol. The van der Waals surface area contributed by atoms with Gasteiger partial charge in [-0.3, -0.25) is 5.41 Å². The minimum absolute atomic E-state index is 0.0918. The molecule has 1 atom stereocenters. The van der Waals surface area contributed by atoms with Gasteiger partial charge >= 0.3 is 0 Å². The summed E-state index contributed by atoms with van der Waals surface area (Å²) in [6, 6.07) is 4.62. The molecule has 20 heavy (non-hydrogen) atoms. The minimum atomic E-state index is -0.332. The number of benzene rings is 1. The average molecular weight is 278 g/mol. The summed E-state index contributed by atoms with van der Waals surface area (Å²) in [5.41, 5.74) is 6.74. The number of nitrogens with zero attached hydrogens (tertiary/aromatic N) is 2. The summed E-state index contributed by atoms with van der Waals surface area (Å²) >= 11 is 0. The fraction of sp³-hybridized carbons (Fsp3) is 0.533. The molecular formula is C15H23FN4. The molecule has 2 rings (SSSR count). The predicted octanol–water partition coefficient (Wildman–Crippen LogP) is 1.49. The van der Waals surface area contributed by atoms with Crippen LogP contribution >= 0.6 is 0 Å². The first kappa shape index (κ1) is 14.9. The maximum absolute atomic E-state index is 13.5. The predicted molar refractivity (Wildman–Crippen MR) is 79.4 cm³/mol. The van der Waals surface area contributed by atoms with Crippen LogP contribution in [0.1, 0.15) is 17.5 Å². The van der Waals surface area contributed by atoms with Gasteiger partial charge in [0.1, 0.15) is 11.7 Å². The molecule has 1 unspecified atom stereocenters. The Morgan fingerprint density at radius 1 is 1.50 bits per heavy atom. The van der Waals surface area contributed by atoms with Gasteiger partial charge in [-0.25, -0.2) is 4.39 Å². The lowest BCUT2D eigenvalue weighted by atomic mass is 10.1. The molecule has 110 valence electrons. The SMILES string of the molecule is CN1CCC(CN(C)Cc2cc(F)cc(C(=N)N)c2)C1. The van der Waals surface area contributed by atoms with Crippen molar-refractivity contribution in [1.29, 1.82) is 5.41 Å². The lowest BCUT2D eigenvalue weighted by Gasteiger charge is -2.21. The van der Waals surface area contributed by atoms with Crippen molar-refractivity contribution < 1.29 is 4.39 Å². The molecule has 1 heterocycles. The molecule has 0 bridgehead atoms. The molecule has 1 aromatic carbocycles. The number of nitrogen functional groups attached to an aromatic ring is 1. The lowest BCUT2D eigenvalue weighted by Crippen LogP contribution is -2.27. The standard InChI is InChI=1S/C15H23FN4/c1-19-4-3-11(8-19)9-20(2)10-12-5-13(15(17)18)7-14(16)6-12/h5-7,11H,3-4,8-10H2,1-2H3,(H3,17,18). The number of nitrogens with one attached hydrogen (secondary N) is 1. The van der Waals surface area contributed by atoms with Crippen molar-refractivity contribution in [2.75, 3.05) is 33.7 Å². The van der Waals surface area contributed by atoms with Gasteiger partial charge < -0.3 is 15.5 Å². The maximum atomic E-state index is 13.5. The van der Waals surface area contributed by atoms with E-state index in [0.29, 0.717) is 18.0 Å². The fourth-order valence-corrected chi connectivity index (χ4v) is 2.89. The van der Waals surface area contributed by atoms with Gasteiger partial charge in [0.15, 0.2) is 0 Å². The van der Waals surface area contributed by atoms with Crippen molar-refractivity contribution in [2.24, 2.45) is 11.7 Å². The molecule has 3 N–H and O–H groups in total. The average Bonchev–Trinajstić information content (AvgIpc) is 2.73. The minimum Gasteiger partial charge on any atom is -0.384 e. The molecule has 0 saturated carbocycles. The molecule has 0 amide bonds. The first-order valence-corrected chi connectivity index (χ1v) is 6.95.